The van der Waals surface area contributed by atoms with Crippen LogP contribution in [0.25, 0.3) is 0 Å². The van der Waals surface area contributed by atoms with Gasteiger partial charge in [-0.1, -0.05) is 6.07 Å². The molecule has 1 N–H and O–H groups in total. The fourth-order valence-electron chi connectivity index (χ4n) is 1.93. The van der Waals surface area contributed by atoms with Gasteiger partial charge in [-0.3, -0.25) is 4.98 Å². The fraction of sp³-hybridized carbons (Fsp3) is 0.583. The third-order valence-electron chi connectivity index (χ3n) is 3.03. The second-order valence-electron chi connectivity index (χ2n) is 4.12. The number of hydrogen-bond donors (Lipinski definition) is 1. The third-order valence-corrected chi connectivity index (χ3v) is 3.03. The minimum absolute atomic E-state index is 0.328. The Labute approximate surface area is 90.9 Å². The monoisotopic (exact) mass is 206 g/mol. The Hall–Kier alpha value is -0.930. The lowest BCUT2D eigenvalue weighted by Gasteiger charge is -2.16. The normalized spacial score (nSPS) is 25.7. The Bertz CT molecular complexity index is 327. The van der Waals surface area contributed by atoms with Gasteiger partial charge in [-0.05, 0) is 31.9 Å². The summed E-state index contributed by atoms with van der Waals surface area (Å²) in [4.78, 5) is 4.36. The summed E-state index contributed by atoms with van der Waals surface area (Å²) in [6.45, 7) is 5.93. The van der Waals surface area contributed by atoms with E-state index in [4.69, 9.17) is 4.74 Å². The third kappa shape index (κ3) is 2.55. The molecule has 2 atom stereocenters. The molecule has 1 aliphatic heterocycles. The number of rotatable bonds is 3. The van der Waals surface area contributed by atoms with Crippen LogP contribution in [-0.4, -0.2) is 23.7 Å². The summed E-state index contributed by atoms with van der Waals surface area (Å²) in [6, 6.07) is 4.55. The molecule has 0 amide bonds. The van der Waals surface area contributed by atoms with E-state index in [-0.39, 0.29) is 0 Å². The Kier molecular flexibility index (Phi) is 3.34. The van der Waals surface area contributed by atoms with Crippen molar-refractivity contribution in [3.63, 3.8) is 0 Å². The standard InChI is InChI=1S/C12H18N2O/c1-9-4-3-6-13-12(9)8-14-11-5-7-15-10(11)2/h3-4,6,10-11,14H,5,7-8H2,1-2H3. The molecule has 15 heavy (non-hydrogen) atoms. The van der Waals surface area contributed by atoms with Crippen LogP contribution in [0, 0.1) is 6.92 Å². The average Bonchev–Trinajstić information content (AvgIpc) is 2.63. The molecule has 0 aliphatic carbocycles. The quantitative estimate of drug-likeness (QED) is 0.816. The summed E-state index contributed by atoms with van der Waals surface area (Å²) in [5.74, 6) is 0. The van der Waals surface area contributed by atoms with E-state index in [1.54, 1.807) is 0 Å². The summed E-state index contributed by atoms with van der Waals surface area (Å²) >= 11 is 0. The zero-order valence-corrected chi connectivity index (χ0v) is 9.36. The topological polar surface area (TPSA) is 34.2 Å². The van der Waals surface area contributed by atoms with Crippen LogP contribution in [-0.2, 0) is 11.3 Å². The first-order chi connectivity index (χ1) is 7.27. The van der Waals surface area contributed by atoms with Crippen LogP contribution in [0.3, 0.4) is 0 Å². The molecule has 0 bridgehead atoms. The summed E-state index contributed by atoms with van der Waals surface area (Å²) < 4.78 is 5.50. The molecule has 1 aliphatic rings. The summed E-state index contributed by atoms with van der Waals surface area (Å²) in [7, 11) is 0. The molecule has 3 nitrogen and oxygen atoms in total. The first kappa shape index (κ1) is 10.6. The largest absolute Gasteiger partial charge is 0.377 e. The molecule has 3 heteroatoms. The fourth-order valence-corrected chi connectivity index (χ4v) is 1.93. The minimum atomic E-state index is 0.328. The van der Waals surface area contributed by atoms with Crippen molar-refractivity contribution >= 4 is 0 Å². The van der Waals surface area contributed by atoms with Crippen LogP contribution in [0.2, 0.25) is 0 Å². The van der Waals surface area contributed by atoms with Gasteiger partial charge in [-0.2, -0.15) is 0 Å². The number of nitrogens with zero attached hydrogens (tertiary/aromatic N) is 1. The molecule has 1 aromatic rings. The van der Waals surface area contributed by atoms with Crippen molar-refractivity contribution < 1.29 is 4.74 Å². The van der Waals surface area contributed by atoms with Gasteiger partial charge < -0.3 is 10.1 Å². The number of aryl methyl sites for hydroxylation is 1. The molecule has 0 radical (unpaired) electrons. The van der Waals surface area contributed by atoms with Crippen LogP contribution in [0.1, 0.15) is 24.6 Å². The second-order valence-corrected chi connectivity index (χ2v) is 4.12. The van der Waals surface area contributed by atoms with Gasteiger partial charge in [-0.15, -0.1) is 0 Å². The van der Waals surface area contributed by atoms with E-state index in [1.807, 2.05) is 12.3 Å². The Morgan fingerprint density at radius 1 is 1.60 bits per heavy atom. The van der Waals surface area contributed by atoms with Crippen molar-refractivity contribution in [3.8, 4) is 0 Å². The van der Waals surface area contributed by atoms with Gasteiger partial charge >= 0.3 is 0 Å². The average molecular weight is 206 g/mol. The molecule has 82 valence electrons. The molecule has 1 aromatic heterocycles. The Balaban J connectivity index is 1.90. The minimum Gasteiger partial charge on any atom is -0.377 e. The Morgan fingerprint density at radius 3 is 3.13 bits per heavy atom. The predicted molar refractivity (Wildman–Crippen MR) is 59.6 cm³/mol. The van der Waals surface area contributed by atoms with Crippen molar-refractivity contribution in [2.75, 3.05) is 6.61 Å². The van der Waals surface area contributed by atoms with Gasteiger partial charge in [0.15, 0.2) is 0 Å². The zero-order valence-electron chi connectivity index (χ0n) is 9.36. The first-order valence-corrected chi connectivity index (χ1v) is 5.53. The summed E-state index contributed by atoms with van der Waals surface area (Å²) in [6.07, 6.45) is 3.28. The molecule has 1 saturated heterocycles. The van der Waals surface area contributed by atoms with E-state index in [2.05, 4.69) is 30.2 Å². The zero-order chi connectivity index (χ0) is 10.7. The van der Waals surface area contributed by atoms with E-state index in [1.165, 1.54) is 5.56 Å². The van der Waals surface area contributed by atoms with Crippen molar-refractivity contribution in [2.24, 2.45) is 0 Å². The maximum absolute atomic E-state index is 5.50. The second kappa shape index (κ2) is 4.73. The summed E-state index contributed by atoms with van der Waals surface area (Å²) in [5.41, 5.74) is 2.38. The number of hydrogen-bond acceptors (Lipinski definition) is 3. The predicted octanol–water partition coefficient (Wildman–Crippen LogP) is 1.66. The van der Waals surface area contributed by atoms with Crippen LogP contribution in [0.5, 0.6) is 0 Å². The van der Waals surface area contributed by atoms with Crippen molar-refractivity contribution in [3.05, 3.63) is 29.6 Å². The first-order valence-electron chi connectivity index (χ1n) is 5.53. The maximum atomic E-state index is 5.50. The number of nitrogens with one attached hydrogen (secondary N) is 1. The van der Waals surface area contributed by atoms with E-state index < -0.39 is 0 Å². The van der Waals surface area contributed by atoms with E-state index in [0.717, 1.165) is 25.3 Å². The van der Waals surface area contributed by atoms with Gasteiger partial charge in [-0.25, -0.2) is 0 Å². The van der Waals surface area contributed by atoms with Crippen molar-refractivity contribution in [1.82, 2.24) is 10.3 Å². The van der Waals surface area contributed by atoms with Gasteiger partial charge in [0, 0.05) is 25.4 Å². The van der Waals surface area contributed by atoms with E-state index in [0.29, 0.717) is 12.1 Å². The molecule has 0 spiro atoms. The van der Waals surface area contributed by atoms with E-state index in [9.17, 15) is 0 Å². The molecule has 2 rings (SSSR count). The molecule has 1 fully saturated rings. The highest BCUT2D eigenvalue weighted by Crippen LogP contribution is 2.13. The highest BCUT2D eigenvalue weighted by molar-refractivity contribution is 5.17. The number of aromatic nitrogens is 1. The molecule has 0 aromatic carbocycles. The molecule has 2 heterocycles. The molecule has 2 unspecified atom stereocenters. The van der Waals surface area contributed by atoms with Crippen LogP contribution in [0.4, 0.5) is 0 Å². The van der Waals surface area contributed by atoms with Gasteiger partial charge in [0.1, 0.15) is 0 Å². The van der Waals surface area contributed by atoms with E-state index >= 15 is 0 Å². The molecule has 0 saturated carbocycles. The lowest BCUT2D eigenvalue weighted by Crippen LogP contribution is -2.34. The molecular weight excluding hydrogens is 188 g/mol. The van der Waals surface area contributed by atoms with Gasteiger partial charge in [0.05, 0.1) is 11.8 Å². The summed E-state index contributed by atoms with van der Waals surface area (Å²) in [5, 5.41) is 3.50. The van der Waals surface area contributed by atoms with Crippen LogP contribution >= 0.6 is 0 Å². The van der Waals surface area contributed by atoms with Gasteiger partial charge in [0.25, 0.3) is 0 Å². The smallest absolute Gasteiger partial charge is 0.0700 e. The lowest BCUT2D eigenvalue weighted by atomic mass is 10.1. The number of ether oxygens (including phenoxy) is 1. The maximum Gasteiger partial charge on any atom is 0.0700 e. The van der Waals surface area contributed by atoms with Gasteiger partial charge in [0.2, 0.25) is 0 Å². The van der Waals surface area contributed by atoms with Crippen molar-refractivity contribution in [1.29, 1.82) is 0 Å². The number of pyridine rings is 1. The molecular formula is C12H18N2O. The lowest BCUT2D eigenvalue weighted by molar-refractivity contribution is 0.113. The highest BCUT2D eigenvalue weighted by Gasteiger charge is 2.23. The SMILES string of the molecule is Cc1cccnc1CNC1CCOC1C. The van der Waals surface area contributed by atoms with Crippen LogP contribution < -0.4 is 5.32 Å². The highest BCUT2D eigenvalue weighted by atomic mass is 16.5. The van der Waals surface area contributed by atoms with Crippen LogP contribution in [0.15, 0.2) is 18.3 Å². The Morgan fingerprint density at radius 2 is 2.47 bits per heavy atom. The van der Waals surface area contributed by atoms with Crippen molar-refractivity contribution in [2.45, 2.75) is 39.0 Å².